The van der Waals surface area contributed by atoms with Crippen LogP contribution >= 0.6 is 0 Å². The number of ether oxygens (including phenoxy) is 2. The largest absolute Gasteiger partial charge is 0.592 e. The SMILES string of the molecule is CCOC(=O)C(=CC(F)F)N(C(=O)OC(C)(C)C)[S+]([O-])C(C)(C)C. The fourth-order valence-electron chi connectivity index (χ4n) is 1.38. The van der Waals surface area contributed by atoms with Crippen molar-refractivity contribution in [2.24, 2.45) is 0 Å². The normalized spacial score (nSPS) is 14.4. The lowest BCUT2D eigenvalue weighted by atomic mass is 10.2. The lowest BCUT2D eigenvalue weighted by molar-refractivity contribution is -0.139. The van der Waals surface area contributed by atoms with Gasteiger partial charge in [0, 0.05) is 6.08 Å². The number of halogens is 2. The lowest BCUT2D eigenvalue weighted by Crippen LogP contribution is -2.49. The van der Waals surface area contributed by atoms with Gasteiger partial charge in [-0.15, -0.1) is 0 Å². The van der Waals surface area contributed by atoms with E-state index in [-0.39, 0.29) is 12.7 Å². The molecule has 0 fully saturated rings. The molecule has 24 heavy (non-hydrogen) atoms. The van der Waals surface area contributed by atoms with Crippen LogP contribution in [0.2, 0.25) is 0 Å². The fourth-order valence-corrected chi connectivity index (χ4v) is 2.41. The Morgan fingerprint density at radius 2 is 1.71 bits per heavy atom. The first kappa shape index (κ1) is 22.6. The molecule has 0 aromatic rings. The lowest BCUT2D eigenvalue weighted by Gasteiger charge is -2.33. The Morgan fingerprint density at radius 1 is 1.21 bits per heavy atom. The highest BCUT2D eigenvalue weighted by Crippen LogP contribution is 2.27. The zero-order chi connectivity index (χ0) is 19.3. The van der Waals surface area contributed by atoms with Crippen molar-refractivity contribution in [3.8, 4) is 0 Å². The topological polar surface area (TPSA) is 78.9 Å². The van der Waals surface area contributed by atoms with Crippen molar-refractivity contribution in [3.05, 3.63) is 11.8 Å². The summed E-state index contributed by atoms with van der Waals surface area (Å²) in [5.74, 6) is -1.18. The van der Waals surface area contributed by atoms with Crippen molar-refractivity contribution >= 4 is 23.4 Å². The summed E-state index contributed by atoms with van der Waals surface area (Å²) in [5.41, 5.74) is -1.78. The van der Waals surface area contributed by atoms with Crippen LogP contribution in [0.4, 0.5) is 13.6 Å². The molecule has 0 radical (unpaired) electrons. The van der Waals surface area contributed by atoms with Gasteiger partial charge in [0.15, 0.2) is 5.70 Å². The monoisotopic (exact) mass is 369 g/mol. The van der Waals surface area contributed by atoms with Crippen molar-refractivity contribution in [1.82, 2.24) is 4.31 Å². The van der Waals surface area contributed by atoms with E-state index in [0.29, 0.717) is 4.31 Å². The number of esters is 1. The van der Waals surface area contributed by atoms with E-state index in [9.17, 15) is 22.9 Å². The zero-order valence-corrected chi connectivity index (χ0v) is 15.8. The first-order valence-electron chi connectivity index (χ1n) is 7.33. The summed E-state index contributed by atoms with van der Waals surface area (Å²) in [6.45, 7) is 10.7. The maximum atomic E-state index is 12.8. The van der Waals surface area contributed by atoms with Gasteiger partial charge in [-0.1, -0.05) is 4.31 Å². The van der Waals surface area contributed by atoms with Crippen LogP contribution in [-0.4, -0.2) is 44.3 Å². The van der Waals surface area contributed by atoms with E-state index in [1.165, 1.54) is 27.7 Å². The Balaban J connectivity index is 6.03. The summed E-state index contributed by atoms with van der Waals surface area (Å²) in [5, 5.41) is 0. The van der Waals surface area contributed by atoms with Crippen LogP contribution in [0.15, 0.2) is 11.8 Å². The molecule has 0 aliphatic carbocycles. The molecule has 6 nitrogen and oxygen atoms in total. The van der Waals surface area contributed by atoms with E-state index in [0.717, 1.165) is 0 Å². The first-order valence-corrected chi connectivity index (χ1v) is 8.43. The minimum atomic E-state index is -3.05. The van der Waals surface area contributed by atoms with Crippen LogP contribution in [0.25, 0.3) is 0 Å². The van der Waals surface area contributed by atoms with Crippen LogP contribution in [-0.2, 0) is 25.6 Å². The molecule has 0 aromatic carbocycles. The smallest absolute Gasteiger partial charge is 0.457 e. The number of rotatable bonds is 5. The molecule has 0 aliphatic heterocycles. The number of carbonyl (C=O) groups excluding carboxylic acids is 2. The molecule has 0 saturated heterocycles. The summed E-state index contributed by atoms with van der Waals surface area (Å²) in [4.78, 5) is 24.4. The van der Waals surface area contributed by atoms with Gasteiger partial charge in [0.05, 0.1) is 18.0 Å². The molecule has 0 heterocycles. The van der Waals surface area contributed by atoms with E-state index in [1.54, 1.807) is 20.8 Å². The van der Waals surface area contributed by atoms with E-state index in [2.05, 4.69) is 0 Å². The van der Waals surface area contributed by atoms with Crippen LogP contribution in [0.5, 0.6) is 0 Å². The Hall–Kier alpha value is -1.35. The van der Waals surface area contributed by atoms with E-state index >= 15 is 0 Å². The maximum Gasteiger partial charge on any atom is 0.457 e. The average molecular weight is 369 g/mol. The Morgan fingerprint density at radius 3 is 2.04 bits per heavy atom. The van der Waals surface area contributed by atoms with Gasteiger partial charge in [-0.2, -0.15) is 0 Å². The number of amides is 1. The molecule has 1 unspecified atom stereocenters. The molecule has 0 rings (SSSR count). The van der Waals surface area contributed by atoms with Gasteiger partial charge in [-0.3, -0.25) is 0 Å². The fraction of sp³-hybridized carbons (Fsp3) is 0.733. The summed E-state index contributed by atoms with van der Waals surface area (Å²) < 4.78 is 47.6. The maximum absolute atomic E-state index is 12.8. The minimum absolute atomic E-state index is 0.0935. The van der Waals surface area contributed by atoms with E-state index in [1.807, 2.05) is 0 Å². The second-order valence-corrected chi connectivity index (χ2v) is 8.83. The quantitative estimate of drug-likeness (QED) is 0.422. The van der Waals surface area contributed by atoms with Crippen LogP contribution in [0.3, 0.4) is 0 Å². The van der Waals surface area contributed by atoms with Crippen molar-refractivity contribution in [2.45, 2.75) is 65.2 Å². The van der Waals surface area contributed by atoms with Crippen molar-refractivity contribution < 1.29 is 32.4 Å². The molecular formula is C15H25F2NO5S. The van der Waals surface area contributed by atoms with Crippen LogP contribution < -0.4 is 0 Å². The molecule has 1 amide bonds. The van der Waals surface area contributed by atoms with Crippen molar-refractivity contribution in [1.29, 1.82) is 0 Å². The number of hydrogen-bond donors (Lipinski definition) is 0. The molecule has 140 valence electrons. The summed E-state index contributed by atoms with van der Waals surface area (Å²) in [6.07, 6.45) is -3.99. The number of hydrogen-bond acceptors (Lipinski definition) is 5. The second-order valence-electron chi connectivity index (χ2n) is 6.74. The molecule has 0 saturated carbocycles. The molecule has 9 heteroatoms. The van der Waals surface area contributed by atoms with Gasteiger partial charge in [-0.05, 0) is 48.5 Å². The van der Waals surface area contributed by atoms with Gasteiger partial charge in [0.1, 0.15) is 10.3 Å². The van der Waals surface area contributed by atoms with Crippen molar-refractivity contribution in [2.75, 3.05) is 6.61 Å². The van der Waals surface area contributed by atoms with Crippen LogP contribution in [0.1, 0.15) is 48.5 Å². The molecular weight excluding hydrogens is 344 g/mol. The first-order chi connectivity index (χ1) is 10.7. The van der Waals surface area contributed by atoms with Gasteiger partial charge >= 0.3 is 12.1 Å². The third-order valence-electron chi connectivity index (χ3n) is 2.24. The summed E-state index contributed by atoms with van der Waals surface area (Å²) in [7, 11) is 0. The zero-order valence-electron chi connectivity index (χ0n) is 15.0. The molecule has 0 spiro atoms. The third-order valence-corrected chi connectivity index (χ3v) is 3.96. The van der Waals surface area contributed by atoms with E-state index < -0.39 is 45.9 Å². The third kappa shape index (κ3) is 7.48. The average Bonchev–Trinajstić information content (AvgIpc) is 2.34. The number of nitrogens with zero attached hydrogens (tertiary/aromatic N) is 1. The number of alkyl halides is 2. The van der Waals surface area contributed by atoms with Gasteiger partial charge in [0.25, 0.3) is 6.43 Å². The Labute approximate surface area is 144 Å². The molecule has 0 aliphatic rings. The predicted molar refractivity (Wildman–Crippen MR) is 86.7 cm³/mol. The molecule has 0 bridgehead atoms. The number of carbonyl (C=O) groups is 2. The predicted octanol–water partition coefficient (Wildman–Crippen LogP) is 3.40. The summed E-state index contributed by atoms with van der Waals surface area (Å²) in [6, 6.07) is 0. The second kappa shape index (κ2) is 8.66. The van der Waals surface area contributed by atoms with Gasteiger partial charge in [0.2, 0.25) is 0 Å². The molecule has 1 atom stereocenters. The molecule has 0 N–H and O–H groups in total. The molecule has 0 aromatic heterocycles. The Bertz CT molecular complexity index is 483. The highest BCUT2D eigenvalue weighted by Gasteiger charge is 2.44. The van der Waals surface area contributed by atoms with Crippen LogP contribution in [0, 0.1) is 0 Å². The standard InChI is InChI=1S/C15H25F2NO5S/c1-8-22-12(19)10(9-11(16)17)18(24(21)15(5,6)7)13(20)23-14(2,3)4/h9,11H,8H2,1-7H3. The van der Waals surface area contributed by atoms with Gasteiger partial charge < -0.3 is 14.0 Å². The van der Waals surface area contributed by atoms with Gasteiger partial charge in [-0.25, -0.2) is 18.4 Å². The highest BCUT2D eigenvalue weighted by molar-refractivity contribution is 7.91. The minimum Gasteiger partial charge on any atom is -0.592 e. The highest BCUT2D eigenvalue weighted by atomic mass is 32.2. The Kier molecular flexibility index (Phi) is 8.17. The number of allylic oxidation sites excluding steroid dienone is 1. The summed E-state index contributed by atoms with van der Waals surface area (Å²) >= 11 is -2.15. The van der Waals surface area contributed by atoms with E-state index in [4.69, 9.17) is 9.47 Å². The van der Waals surface area contributed by atoms with Crippen molar-refractivity contribution in [3.63, 3.8) is 0 Å².